The van der Waals surface area contributed by atoms with Crippen molar-refractivity contribution in [3.63, 3.8) is 0 Å². The molecule has 1 heterocycles. The Hall–Kier alpha value is 0.0700. The van der Waals surface area contributed by atoms with Crippen LogP contribution in [0.25, 0.3) is 0 Å². The molecule has 0 aromatic carbocycles. The van der Waals surface area contributed by atoms with E-state index in [-0.39, 0.29) is 6.10 Å². The van der Waals surface area contributed by atoms with Gasteiger partial charge in [0.2, 0.25) is 0 Å². The van der Waals surface area contributed by atoms with Gasteiger partial charge in [-0.25, -0.2) is 4.98 Å². The molecular weight excluding hydrogens is 238 g/mol. The molecule has 12 heavy (non-hydrogen) atoms. The SMILES string of the molecule is OC(c1scnc1Br)C1CCC1. The summed E-state index contributed by atoms with van der Waals surface area (Å²) in [5, 5.41) is 9.85. The van der Waals surface area contributed by atoms with Crippen molar-refractivity contribution in [2.24, 2.45) is 5.92 Å². The van der Waals surface area contributed by atoms with Gasteiger partial charge in [0.15, 0.2) is 0 Å². The summed E-state index contributed by atoms with van der Waals surface area (Å²) in [6.07, 6.45) is 3.29. The van der Waals surface area contributed by atoms with Crippen molar-refractivity contribution >= 4 is 27.3 Å². The highest BCUT2D eigenvalue weighted by atomic mass is 79.9. The molecule has 0 amide bonds. The fourth-order valence-corrected chi connectivity index (χ4v) is 2.91. The lowest BCUT2D eigenvalue weighted by atomic mass is 9.81. The summed E-state index contributed by atoms with van der Waals surface area (Å²) in [6, 6.07) is 0. The molecule has 0 saturated heterocycles. The predicted octanol–water partition coefficient (Wildman–Crippen LogP) is 2.74. The van der Waals surface area contributed by atoms with E-state index in [1.807, 2.05) is 0 Å². The van der Waals surface area contributed by atoms with E-state index in [0.29, 0.717) is 5.92 Å². The molecule has 1 aromatic rings. The molecule has 0 radical (unpaired) electrons. The molecule has 1 aliphatic carbocycles. The maximum absolute atomic E-state index is 9.85. The number of halogens is 1. The zero-order valence-electron chi connectivity index (χ0n) is 6.53. The van der Waals surface area contributed by atoms with Crippen molar-refractivity contribution in [2.45, 2.75) is 25.4 Å². The fourth-order valence-electron chi connectivity index (χ4n) is 1.40. The number of rotatable bonds is 2. The van der Waals surface area contributed by atoms with E-state index in [2.05, 4.69) is 20.9 Å². The lowest BCUT2D eigenvalue weighted by Gasteiger charge is -2.29. The lowest BCUT2D eigenvalue weighted by Crippen LogP contribution is -2.19. The summed E-state index contributed by atoms with van der Waals surface area (Å²) < 4.78 is 0.812. The van der Waals surface area contributed by atoms with E-state index in [0.717, 1.165) is 22.3 Å². The van der Waals surface area contributed by atoms with Crippen LogP contribution >= 0.6 is 27.3 Å². The molecular formula is C8H10BrNOS. The highest BCUT2D eigenvalue weighted by Crippen LogP contribution is 2.40. The zero-order valence-corrected chi connectivity index (χ0v) is 8.94. The van der Waals surface area contributed by atoms with Gasteiger partial charge in [0.1, 0.15) is 4.60 Å². The summed E-state index contributed by atoms with van der Waals surface area (Å²) in [6.45, 7) is 0. The van der Waals surface area contributed by atoms with Crippen LogP contribution in [0.4, 0.5) is 0 Å². The molecule has 1 aliphatic rings. The van der Waals surface area contributed by atoms with Gasteiger partial charge in [-0.15, -0.1) is 11.3 Å². The van der Waals surface area contributed by atoms with Crippen molar-refractivity contribution in [3.8, 4) is 0 Å². The Labute approximate surface area is 83.8 Å². The van der Waals surface area contributed by atoms with Crippen LogP contribution in [0.1, 0.15) is 30.2 Å². The third kappa shape index (κ3) is 1.43. The van der Waals surface area contributed by atoms with Crippen LogP contribution in [-0.2, 0) is 0 Å². The molecule has 0 spiro atoms. The molecule has 1 unspecified atom stereocenters. The summed E-state index contributed by atoms with van der Waals surface area (Å²) >= 11 is 4.86. The first-order valence-electron chi connectivity index (χ1n) is 4.06. The molecule has 66 valence electrons. The number of aromatic nitrogens is 1. The van der Waals surface area contributed by atoms with Crippen LogP contribution < -0.4 is 0 Å². The number of aliphatic hydroxyl groups excluding tert-OH is 1. The van der Waals surface area contributed by atoms with Crippen molar-refractivity contribution < 1.29 is 5.11 Å². The Kier molecular flexibility index (Phi) is 2.48. The van der Waals surface area contributed by atoms with Gasteiger partial charge in [0, 0.05) is 0 Å². The van der Waals surface area contributed by atoms with Crippen molar-refractivity contribution in [2.75, 3.05) is 0 Å². The van der Waals surface area contributed by atoms with Crippen molar-refractivity contribution in [1.29, 1.82) is 0 Å². The van der Waals surface area contributed by atoms with E-state index in [1.165, 1.54) is 17.8 Å². The van der Waals surface area contributed by atoms with Gasteiger partial charge in [-0.2, -0.15) is 0 Å². The standard InChI is InChI=1S/C8H10BrNOS/c9-8-7(12-4-10-8)6(11)5-2-1-3-5/h4-6,11H,1-3H2. The Morgan fingerprint density at radius 3 is 2.83 bits per heavy atom. The Balaban J connectivity index is 2.13. The second kappa shape index (κ2) is 3.44. The quantitative estimate of drug-likeness (QED) is 0.872. The summed E-state index contributed by atoms with van der Waals surface area (Å²) in [7, 11) is 0. The number of nitrogens with zero attached hydrogens (tertiary/aromatic N) is 1. The first-order chi connectivity index (χ1) is 5.79. The minimum atomic E-state index is -0.291. The van der Waals surface area contributed by atoms with Gasteiger partial charge >= 0.3 is 0 Å². The Morgan fingerprint density at radius 1 is 1.67 bits per heavy atom. The first-order valence-corrected chi connectivity index (χ1v) is 5.73. The molecule has 1 fully saturated rings. The van der Waals surface area contributed by atoms with E-state index in [9.17, 15) is 5.11 Å². The zero-order chi connectivity index (χ0) is 8.55. The van der Waals surface area contributed by atoms with Gasteiger partial charge in [0.05, 0.1) is 16.5 Å². The van der Waals surface area contributed by atoms with Crippen LogP contribution in [0.3, 0.4) is 0 Å². The summed E-state index contributed by atoms with van der Waals surface area (Å²) in [5.74, 6) is 0.474. The third-order valence-electron chi connectivity index (χ3n) is 2.41. The van der Waals surface area contributed by atoms with E-state index < -0.39 is 0 Å². The molecule has 1 atom stereocenters. The highest BCUT2D eigenvalue weighted by Gasteiger charge is 2.29. The number of thiazole rings is 1. The van der Waals surface area contributed by atoms with E-state index in [4.69, 9.17) is 0 Å². The average molecular weight is 248 g/mol. The second-order valence-corrected chi connectivity index (χ2v) is 4.78. The van der Waals surface area contributed by atoms with Gasteiger partial charge in [-0.1, -0.05) is 6.42 Å². The minimum absolute atomic E-state index is 0.291. The minimum Gasteiger partial charge on any atom is -0.387 e. The largest absolute Gasteiger partial charge is 0.387 e. The van der Waals surface area contributed by atoms with E-state index >= 15 is 0 Å². The predicted molar refractivity (Wildman–Crippen MR) is 52.1 cm³/mol. The topological polar surface area (TPSA) is 33.1 Å². The average Bonchev–Trinajstić information content (AvgIpc) is 2.31. The van der Waals surface area contributed by atoms with Crippen LogP contribution in [0.15, 0.2) is 10.1 Å². The number of aliphatic hydroxyl groups is 1. The third-order valence-corrected chi connectivity index (χ3v) is 4.21. The van der Waals surface area contributed by atoms with Gasteiger partial charge in [0.25, 0.3) is 0 Å². The van der Waals surface area contributed by atoms with Crippen LogP contribution in [0.5, 0.6) is 0 Å². The molecule has 0 bridgehead atoms. The maximum atomic E-state index is 9.85. The Bertz CT molecular complexity index is 272. The van der Waals surface area contributed by atoms with Gasteiger partial charge in [-0.3, -0.25) is 0 Å². The molecule has 2 nitrogen and oxygen atoms in total. The number of hydrogen-bond donors (Lipinski definition) is 1. The molecule has 0 aliphatic heterocycles. The Morgan fingerprint density at radius 2 is 2.42 bits per heavy atom. The monoisotopic (exact) mass is 247 g/mol. The van der Waals surface area contributed by atoms with Crippen LogP contribution in [0, 0.1) is 5.92 Å². The number of hydrogen-bond acceptors (Lipinski definition) is 3. The fraction of sp³-hybridized carbons (Fsp3) is 0.625. The molecule has 1 aromatic heterocycles. The van der Waals surface area contributed by atoms with Crippen LogP contribution in [-0.4, -0.2) is 10.1 Å². The van der Waals surface area contributed by atoms with Gasteiger partial charge in [-0.05, 0) is 34.7 Å². The molecule has 4 heteroatoms. The summed E-state index contributed by atoms with van der Waals surface area (Å²) in [4.78, 5) is 5.04. The molecule has 1 N–H and O–H groups in total. The smallest absolute Gasteiger partial charge is 0.122 e. The second-order valence-electron chi connectivity index (χ2n) is 3.14. The maximum Gasteiger partial charge on any atom is 0.122 e. The molecule has 1 saturated carbocycles. The first kappa shape index (κ1) is 8.66. The van der Waals surface area contributed by atoms with E-state index in [1.54, 1.807) is 5.51 Å². The summed E-state index contributed by atoms with van der Waals surface area (Å²) in [5.41, 5.74) is 1.77. The van der Waals surface area contributed by atoms with Crippen molar-refractivity contribution in [3.05, 3.63) is 15.0 Å². The van der Waals surface area contributed by atoms with Gasteiger partial charge < -0.3 is 5.11 Å². The highest BCUT2D eigenvalue weighted by molar-refractivity contribution is 9.10. The molecule has 2 rings (SSSR count). The van der Waals surface area contributed by atoms with Crippen LogP contribution in [0.2, 0.25) is 0 Å². The lowest BCUT2D eigenvalue weighted by molar-refractivity contribution is 0.0642. The van der Waals surface area contributed by atoms with Crippen molar-refractivity contribution in [1.82, 2.24) is 4.98 Å². The normalized spacial score (nSPS) is 20.5.